The lowest BCUT2D eigenvalue weighted by atomic mass is 9.86. The van der Waals surface area contributed by atoms with E-state index in [0.717, 1.165) is 5.92 Å². The minimum absolute atomic E-state index is 0.587. The molecule has 0 bridgehead atoms. The molecule has 0 amide bonds. The van der Waals surface area contributed by atoms with Gasteiger partial charge < -0.3 is 5.32 Å². The Kier molecular flexibility index (Phi) is 2.06. The van der Waals surface area contributed by atoms with Gasteiger partial charge in [0.05, 0.1) is 0 Å². The highest BCUT2D eigenvalue weighted by atomic mass is 14.9. The van der Waals surface area contributed by atoms with Gasteiger partial charge in [0.1, 0.15) is 0 Å². The maximum absolute atomic E-state index is 3.36. The fourth-order valence-corrected chi connectivity index (χ4v) is 4.16. The smallest absolute Gasteiger partial charge is 0.00127 e. The minimum Gasteiger partial charge on any atom is -0.319 e. The maximum Gasteiger partial charge on any atom is -0.00127 e. The van der Waals surface area contributed by atoms with E-state index < -0.39 is 0 Å². The van der Waals surface area contributed by atoms with Gasteiger partial charge >= 0.3 is 0 Å². The molecule has 2 aliphatic rings. The Morgan fingerprint density at radius 2 is 1.79 bits per heavy atom. The van der Waals surface area contributed by atoms with E-state index in [1.165, 1.54) is 25.8 Å². The van der Waals surface area contributed by atoms with Crippen LogP contribution < -0.4 is 5.32 Å². The maximum atomic E-state index is 3.36. The molecule has 82 valence electrons. The first-order chi connectivity index (χ1) is 6.36. The molecule has 2 atom stereocenters. The molecule has 2 unspecified atom stereocenters. The molecule has 0 heterocycles. The third kappa shape index (κ3) is 1.18. The lowest BCUT2D eigenvalue weighted by Crippen LogP contribution is -2.14. The normalized spacial score (nSPS) is 43.1. The minimum atomic E-state index is 0.587. The van der Waals surface area contributed by atoms with Crippen LogP contribution in [0.3, 0.4) is 0 Å². The Balaban J connectivity index is 2.13. The molecular formula is C13H25N. The van der Waals surface area contributed by atoms with Crippen molar-refractivity contribution in [2.75, 3.05) is 13.6 Å². The van der Waals surface area contributed by atoms with E-state index in [0.29, 0.717) is 16.2 Å². The summed E-state index contributed by atoms with van der Waals surface area (Å²) < 4.78 is 0. The predicted octanol–water partition coefficient (Wildman–Crippen LogP) is 3.06. The van der Waals surface area contributed by atoms with Crippen LogP contribution in [0.4, 0.5) is 0 Å². The summed E-state index contributed by atoms with van der Waals surface area (Å²) in [5.74, 6) is 0.918. The third-order valence-corrected chi connectivity index (χ3v) is 5.19. The molecule has 1 N–H and O–H groups in total. The van der Waals surface area contributed by atoms with Crippen LogP contribution in [0, 0.1) is 22.2 Å². The average molecular weight is 195 g/mol. The lowest BCUT2D eigenvalue weighted by Gasteiger charge is -2.19. The van der Waals surface area contributed by atoms with Crippen LogP contribution in [0.2, 0.25) is 0 Å². The predicted molar refractivity (Wildman–Crippen MR) is 61.3 cm³/mol. The second-order valence-corrected chi connectivity index (χ2v) is 6.83. The van der Waals surface area contributed by atoms with Gasteiger partial charge in [0.15, 0.2) is 0 Å². The van der Waals surface area contributed by atoms with Crippen molar-refractivity contribution in [2.45, 2.75) is 47.0 Å². The Hall–Kier alpha value is -0.0400. The average Bonchev–Trinajstić information content (AvgIpc) is 2.42. The van der Waals surface area contributed by atoms with Crippen LogP contribution >= 0.6 is 0 Å². The first-order valence-corrected chi connectivity index (χ1v) is 6.00. The van der Waals surface area contributed by atoms with Crippen LogP contribution in [0.15, 0.2) is 0 Å². The van der Waals surface area contributed by atoms with Crippen molar-refractivity contribution in [3.05, 3.63) is 0 Å². The zero-order valence-corrected chi connectivity index (χ0v) is 10.4. The topological polar surface area (TPSA) is 12.0 Å². The van der Waals surface area contributed by atoms with Crippen LogP contribution in [0.25, 0.3) is 0 Å². The van der Waals surface area contributed by atoms with Crippen molar-refractivity contribution >= 4 is 0 Å². The van der Waals surface area contributed by atoms with Crippen molar-refractivity contribution in [3.63, 3.8) is 0 Å². The summed E-state index contributed by atoms with van der Waals surface area (Å²) >= 11 is 0. The van der Waals surface area contributed by atoms with Crippen molar-refractivity contribution in [2.24, 2.45) is 22.2 Å². The van der Waals surface area contributed by atoms with Gasteiger partial charge in [0.25, 0.3) is 0 Å². The van der Waals surface area contributed by atoms with Crippen molar-refractivity contribution < 1.29 is 0 Å². The van der Waals surface area contributed by atoms with Gasteiger partial charge in [-0.05, 0) is 55.0 Å². The second-order valence-electron chi connectivity index (χ2n) is 6.83. The molecule has 0 aromatic rings. The molecule has 2 fully saturated rings. The molecule has 0 aromatic heterocycles. The summed E-state index contributed by atoms with van der Waals surface area (Å²) in [6.45, 7) is 11.0. The highest BCUT2D eigenvalue weighted by molar-refractivity contribution is 5.21. The van der Waals surface area contributed by atoms with E-state index >= 15 is 0 Å². The summed E-state index contributed by atoms with van der Waals surface area (Å²) in [6, 6.07) is 0. The Labute approximate surface area is 88.7 Å². The van der Waals surface area contributed by atoms with Crippen LogP contribution in [0.5, 0.6) is 0 Å². The molecule has 1 spiro atoms. The molecule has 1 heteroatoms. The lowest BCUT2D eigenvalue weighted by molar-refractivity contribution is 0.315. The number of hydrogen-bond donors (Lipinski definition) is 1. The largest absolute Gasteiger partial charge is 0.319 e. The fraction of sp³-hybridized carbons (Fsp3) is 1.00. The zero-order valence-electron chi connectivity index (χ0n) is 10.4. The summed E-state index contributed by atoms with van der Waals surface area (Å²) in [7, 11) is 2.09. The van der Waals surface area contributed by atoms with Gasteiger partial charge in [-0.2, -0.15) is 0 Å². The number of nitrogens with one attached hydrogen (secondary N) is 1. The summed E-state index contributed by atoms with van der Waals surface area (Å²) in [6.07, 6.45) is 4.33. The van der Waals surface area contributed by atoms with Crippen LogP contribution in [-0.4, -0.2) is 13.6 Å². The number of hydrogen-bond acceptors (Lipinski definition) is 1. The SMILES string of the molecule is CNCC1C(C)(C)C12CCC(C)(C)C2. The summed E-state index contributed by atoms with van der Waals surface area (Å²) in [5, 5.41) is 3.36. The zero-order chi connectivity index (χ0) is 10.6. The highest BCUT2D eigenvalue weighted by Crippen LogP contribution is 2.77. The summed E-state index contributed by atoms with van der Waals surface area (Å²) in [4.78, 5) is 0. The molecule has 14 heavy (non-hydrogen) atoms. The van der Waals surface area contributed by atoms with E-state index in [2.05, 4.69) is 40.1 Å². The van der Waals surface area contributed by atoms with Crippen LogP contribution in [0.1, 0.15) is 47.0 Å². The van der Waals surface area contributed by atoms with Gasteiger partial charge in [0, 0.05) is 0 Å². The first kappa shape index (κ1) is 10.5. The highest BCUT2D eigenvalue weighted by Gasteiger charge is 2.72. The fourth-order valence-electron chi connectivity index (χ4n) is 4.16. The van der Waals surface area contributed by atoms with E-state index in [1.54, 1.807) is 0 Å². The third-order valence-electron chi connectivity index (χ3n) is 5.19. The molecule has 2 saturated carbocycles. The van der Waals surface area contributed by atoms with Crippen LogP contribution in [-0.2, 0) is 0 Å². The van der Waals surface area contributed by atoms with E-state index in [1.807, 2.05) is 0 Å². The molecule has 0 aromatic carbocycles. The van der Waals surface area contributed by atoms with E-state index in [-0.39, 0.29) is 0 Å². The molecule has 0 saturated heterocycles. The summed E-state index contributed by atoms with van der Waals surface area (Å²) in [5.41, 5.74) is 1.86. The van der Waals surface area contributed by atoms with Crippen molar-refractivity contribution in [3.8, 4) is 0 Å². The van der Waals surface area contributed by atoms with Gasteiger partial charge in [-0.3, -0.25) is 0 Å². The standard InChI is InChI=1S/C13H25N/c1-11(2)6-7-13(9-11)10(8-14-5)12(13,3)4/h10,14H,6-9H2,1-5H3. The molecule has 2 aliphatic carbocycles. The first-order valence-electron chi connectivity index (χ1n) is 6.00. The Morgan fingerprint density at radius 3 is 2.21 bits per heavy atom. The Bertz CT molecular complexity index is 242. The monoisotopic (exact) mass is 195 g/mol. The van der Waals surface area contributed by atoms with Crippen molar-refractivity contribution in [1.29, 1.82) is 0 Å². The quantitative estimate of drug-likeness (QED) is 0.714. The molecule has 2 rings (SSSR count). The molecular weight excluding hydrogens is 170 g/mol. The van der Waals surface area contributed by atoms with Gasteiger partial charge in [-0.25, -0.2) is 0 Å². The Morgan fingerprint density at radius 1 is 1.14 bits per heavy atom. The second kappa shape index (κ2) is 2.75. The molecule has 0 radical (unpaired) electrons. The number of rotatable bonds is 2. The van der Waals surface area contributed by atoms with Gasteiger partial charge in [-0.15, -0.1) is 0 Å². The van der Waals surface area contributed by atoms with E-state index in [4.69, 9.17) is 0 Å². The van der Waals surface area contributed by atoms with Crippen molar-refractivity contribution in [1.82, 2.24) is 5.32 Å². The molecule has 0 aliphatic heterocycles. The van der Waals surface area contributed by atoms with Gasteiger partial charge in [0.2, 0.25) is 0 Å². The molecule has 1 nitrogen and oxygen atoms in total. The van der Waals surface area contributed by atoms with E-state index in [9.17, 15) is 0 Å². The van der Waals surface area contributed by atoms with Gasteiger partial charge in [-0.1, -0.05) is 27.7 Å².